The van der Waals surface area contributed by atoms with Gasteiger partial charge in [-0.3, -0.25) is 4.79 Å². The second kappa shape index (κ2) is 5.80. The minimum absolute atomic E-state index is 0.186. The van der Waals surface area contributed by atoms with E-state index in [1.807, 2.05) is 32.0 Å². The zero-order valence-electron chi connectivity index (χ0n) is 9.82. The Morgan fingerprint density at radius 3 is 2.88 bits per heavy atom. The topological polar surface area (TPSA) is 52.3 Å². The molecule has 2 N–H and O–H groups in total. The molecule has 0 bridgehead atoms. The lowest BCUT2D eigenvalue weighted by Crippen LogP contribution is -2.16. The minimum Gasteiger partial charge on any atom is -0.465 e. The number of rotatable bonds is 4. The van der Waals surface area contributed by atoms with Crippen LogP contribution in [0, 0.1) is 6.92 Å². The second-order valence-electron chi connectivity index (χ2n) is 3.54. The van der Waals surface area contributed by atoms with E-state index in [9.17, 15) is 4.79 Å². The molecule has 0 aliphatic rings. The highest BCUT2D eigenvalue weighted by molar-refractivity contribution is 8.00. The van der Waals surface area contributed by atoms with E-state index in [4.69, 9.17) is 10.5 Å². The van der Waals surface area contributed by atoms with Crippen LogP contribution >= 0.6 is 11.8 Å². The molecule has 3 nitrogen and oxygen atoms in total. The summed E-state index contributed by atoms with van der Waals surface area (Å²) in [5.74, 6) is -0.186. The summed E-state index contributed by atoms with van der Waals surface area (Å²) in [5, 5.41) is -0.208. The van der Waals surface area contributed by atoms with Crippen molar-refractivity contribution in [3.05, 3.63) is 23.8 Å². The van der Waals surface area contributed by atoms with Crippen LogP contribution in [0.15, 0.2) is 23.1 Å². The van der Waals surface area contributed by atoms with Crippen molar-refractivity contribution in [3.63, 3.8) is 0 Å². The predicted octanol–water partition coefficient (Wildman–Crippen LogP) is 2.62. The molecule has 0 heterocycles. The number of ether oxygens (including phenoxy) is 1. The highest BCUT2D eigenvalue weighted by Gasteiger charge is 2.16. The van der Waals surface area contributed by atoms with Gasteiger partial charge in [-0.2, -0.15) is 0 Å². The number of benzene rings is 1. The lowest BCUT2D eigenvalue weighted by Gasteiger charge is -2.12. The molecule has 1 aromatic carbocycles. The number of carbonyl (C=O) groups is 1. The number of nitrogen functional groups attached to an aromatic ring is 1. The van der Waals surface area contributed by atoms with E-state index in [0.29, 0.717) is 12.3 Å². The van der Waals surface area contributed by atoms with Crippen LogP contribution in [-0.2, 0) is 9.53 Å². The Balaban J connectivity index is 2.72. The van der Waals surface area contributed by atoms with Gasteiger partial charge in [0.05, 0.1) is 6.61 Å². The summed E-state index contributed by atoms with van der Waals surface area (Å²) < 4.78 is 4.95. The summed E-state index contributed by atoms with van der Waals surface area (Å²) in [6, 6.07) is 5.69. The molecule has 0 amide bonds. The van der Waals surface area contributed by atoms with Crippen molar-refractivity contribution >= 4 is 23.4 Å². The predicted molar refractivity (Wildman–Crippen MR) is 67.5 cm³/mol. The summed E-state index contributed by atoms with van der Waals surface area (Å²) in [6.45, 7) is 6.06. The molecule has 4 heteroatoms. The summed E-state index contributed by atoms with van der Waals surface area (Å²) in [6.07, 6.45) is 0. The van der Waals surface area contributed by atoms with Gasteiger partial charge in [0, 0.05) is 10.6 Å². The first-order chi connectivity index (χ1) is 7.54. The molecule has 1 rings (SSSR count). The first kappa shape index (κ1) is 12.9. The number of carbonyl (C=O) groups excluding carboxylic acids is 1. The first-order valence-corrected chi connectivity index (χ1v) is 6.12. The molecular formula is C12H17NO2S. The Labute approximate surface area is 100 Å². The van der Waals surface area contributed by atoms with E-state index in [0.717, 1.165) is 10.5 Å². The third-order valence-corrected chi connectivity index (χ3v) is 3.37. The van der Waals surface area contributed by atoms with Crippen LogP contribution < -0.4 is 5.73 Å². The van der Waals surface area contributed by atoms with Gasteiger partial charge in [0.15, 0.2) is 0 Å². The third kappa shape index (κ3) is 3.45. The zero-order valence-corrected chi connectivity index (χ0v) is 10.6. The lowest BCUT2D eigenvalue weighted by molar-refractivity contribution is -0.142. The normalized spacial score (nSPS) is 12.2. The van der Waals surface area contributed by atoms with Crippen LogP contribution in [0.1, 0.15) is 19.4 Å². The van der Waals surface area contributed by atoms with Crippen LogP contribution in [-0.4, -0.2) is 17.8 Å². The van der Waals surface area contributed by atoms with Gasteiger partial charge in [-0.1, -0.05) is 6.07 Å². The highest BCUT2D eigenvalue weighted by atomic mass is 32.2. The molecule has 0 spiro atoms. The number of hydrogen-bond acceptors (Lipinski definition) is 4. The molecule has 0 saturated heterocycles. The number of esters is 1. The second-order valence-corrected chi connectivity index (χ2v) is 4.92. The summed E-state index contributed by atoms with van der Waals surface area (Å²) in [5.41, 5.74) is 7.54. The Morgan fingerprint density at radius 2 is 2.25 bits per heavy atom. The number of thioether (sulfide) groups is 1. The van der Waals surface area contributed by atoms with Crippen molar-refractivity contribution in [1.29, 1.82) is 0 Å². The van der Waals surface area contributed by atoms with Gasteiger partial charge in [-0.15, -0.1) is 11.8 Å². The van der Waals surface area contributed by atoms with E-state index >= 15 is 0 Å². The quantitative estimate of drug-likeness (QED) is 0.498. The molecule has 1 unspecified atom stereocenters. The average Bonchev–Trinajstić information content (AvgIpc) is 2.23. The molecule has 0 fully saturated rings. The highest BCUT2D eigenvalue weighted by Crippen LogP contribution is 2.28. The van der Waals surface area contributed by atoms with Gasteiger partial charge in [0.25, 0.3) is 0 Å². The van der Waals surface area contributed by atoms with Crippen LogP contribution in [0.4, 0.5) is 5.69 Å². The Morgan fingerprint density at radius 1 is 1.56 bits per heavy atom. The van der Waals surface area contributed by atoms with Crippen molar-refractivity contribution in [3.8, 4) is 0 Å². The van der Waals surface area contributed by atoms with Crippen molar-refractivity contribution in [1.82, 2.24) is 0 Å². The van der Waals surface area contributed by atoms with E-state index in [1.165, 1.54) is 11.8 Å². The van der Waals surface area contributed by atoms with Crippen LogP contribution in [0.2, 0.25) is 0 Å². The zero-order chi connectivity index (χ0) is 12.1. The van der Waals surface area contributed by atoms with Crippen molar-refractivity contribution in [2.24, 2.45) is 0 Å². The standard InChI is InChI=1S/C12H17NO2S/c1-4-15-12(14)9(3)16-11-7-10(13)6-5-8(11)2/h5-7,9H,4,13H2,1-3H3. The molecular weight excluding hydrogens is 222 g/mol. The van der Waals surface area contributed by atoms with E-state index < -0.39 is 0 Å². The summed E-state index contributed by atoms with van der Waals surface area (Å²) in [7, 11) is 0. The summed E-state index contributed by atoms with van der Waals surface area (Å²) >= 11 is 1.48. The summed E-state index contributed by atoms with van der Waals surface area (Å²) in [4.78, 5) is 12.5. The third-order valence-electron chi connectivity index (χ3n) is 2.13. The Kier molecular flexibility index (Phi) is 4.68. The number of anilines is 1. The monoisotopic (exact) mass is 239 g/mol. The van der Waals surface area contributed by atoms with Gasteiger partial charge in [0.1, 0.15) is 5.25 Å². The van der Waals surface area contributed by atoms with Crippen LogP contribution in [0.25, 0.3) is 0 Å². The van der Waals surface area contributed by atoms with Crippen molar-refractivity contribution in [2.45, 2.75) is 30.9 Å². The molecule has 0 aliphatic carbocycles. The maximum Gasteiger partial charge on any atom is 0.319 e. The minimum atomic E-state index is -0.208. The van der Waals surface area contributed by atoms with E-state index in [2.05, 4.69) is 0 Å². The molecule has 88 valence electrons. The fraction of sp³-hybridized carbons (Fsp3) is 0.417. The lowest BCUT2D eigenvalue weighted by atomic mass is 10.2. The SMILES string of the molecule is CCOC(=O)C(C)Sc1cc(N)ccc1C. The van der Waals surface area contributed by atoms with Crippen LogP contribution in [0.3, 0.4) is 0 Å². The molecule has 0 aliphatic heterocycles. The largest absolute Gasteiger partial charge is 0.465 e. The maximum atomic E-state index is 11.5. The molecule has 1 atom stereocenters. The van der Waals surface area contributed by atoms with E-state index in [-0.39, 0.29) is 11.2 Å². The fourth-order valence-electron chi connectivity index (χ4n) is 1.24. The molecule has 0 aromatic heterocycles. The molecule has 16 heavy (non-hydrogen) atoms. The van der Waals surface area contributed by atoms with Crippen molar-refractivity contribution in [2.75, 3.05) is 12.3 Å². The smallest absolute Gasteiger partial charge is 0.319 e. The van der Waals surface area contributed by atoms with E-state index in [1.54, 1.807) is 6.92 Å². The number of nitrogens with two attached hydrogens (primary N) is 1. The molecule has 0 radical (unpaired) electrons. The van der Waals surface area contributed by atoms with Crippen LogP contribution in [0.5, 0.6) is 0 Å². The number of hydrogen-bond donors (Lipinski definition) is 1. The molecule has 0 saturated carbocycles. The fourth-order valence-corrected chi connectivity index (χ4v) is 2.25. The van der Waals surface area contributed by atoms with Gasteiger partial charge in [-0.05, 0) is 38.5 Å². The van der Waals surface area contributed by atoms with Gasteiger partial charge in [0.2, 0.25) is 0 Å². The van der Waals surface area contributed by atoms with Gasteiger partial charge >= 0.3 is 5.97 Å². The number of aryl methyl sites for hydroxylation is 1. The Bertz CT molecular complexity index is 379. The average molecular weight is 239 g/mol. The van der Waals surface area contributed by atoms with Gasteiger partial charge in [-0.25, -0.2) is 0 Å². The maximum absolute atomic E-state index is 11.5. The Hall–Kier alpha value is -1.16. The molecule has 1 aromatic rings. The van der Waals surface area contributed by atoms with Crippen molar-refractivity contribution < 1.29 is 9.53 Å². The first-order valence-electron chi connectivity index (χ1n) is 5.24. The van der Waals surface area contributed by atoms with Gasteiger partial charge < -0.3 is 10.5 Å².